The van der Waals surface area contributed by atoms with Crippen LogP contribution in [0.25, 0.3) is 6.08 Å². The fraction of sp³-hybridized carbons (Fsp3) is 0.474. The highest BCUT2D eigenvalue weighted by Crippen LogP contribution is 2.19. The van der Waals surface area contributed by atoms with Gasteiger partial charge >= 0.3 is 0 Å². The van der Waals surface area contributed by atoms with Crippen molar-refractivity contribution in [1.29, 1.82) is 0 Å². The van der Waals surface area contributed by atoms with Crippen molar-refractivity contribution in [1.82, 2.24) is 14.7 Å². The molecule has 3 rings (SSSR count). The van der Waals surface area contributed by atoms with Crippen LogP contribution in [0, 0.1) is 0 Å². The number of para-hydroxylation sites is 1. The van der Waals surface area contributed by atoms with E-state index in [1.54, 1.807) is 0 Å². The van der Waals surface area contributed by atoms with Crippen molar-refractivity contribution < 1.29 is 4.79 Å². The lowest BCUT2D eigenvalue weighted by Crippen LogP contribution is -2.50. The molecule has 0 aromatic heterocycles. The van der Waals surface area contributed by atoms with E-state index in [2.05, 4.69) is 34.4 Å². The Morgan fingerprint density at radius 3 is 2.68 bits per heavy atom. The van der Waals surface area contributed by atoms with Gasteiger partial charge in [0.1, 0.15) is 5.71 Å². The van der Waals surface area contributed by atoms with Gasteiger partial charge in [-0.15, -0.1) is 0 Å². The van der Waals surface area contributed by atoms with Crippen LogP contribution in [0.1, 0.15) is 12.0 Å². The number of anilines is 1. The first kappa shape index (κ1) is 17.6. The number of nitrogens with zero attached hydrogens (tertiary/aromatic N) is 4. The maximum atomic E-state index is 12.7. The molecule has 134 valence electrons. The predicted molar refractivity (Wildman–Crippen MR) is 103 cm³/mol. The van der Waals surface area contributed by atoms with Gasteiger partial charge in [0.25, 0.3) is 5.91 Å². The number of carbonyl (C=O) groups is 1. The number of hydrogen-bond donors (Lipinski definition) is 1. The second-order valence-corrected chi connectivity index (χ2v) is 6.82. The monoisotopic (exact) mass is 341 g/mol. The number of hydrogen-bond acceptors (Lipinski definition) is 5. The number of piperazine rings is 1. The second kappa shape index (κ2) is 8.27. The topological polar surface area (TPSA) is 51.2 Å². The molecule has 0 spiro atoms. The molecule has 1 N–H and O–H groups in total. The maximum absolute atomic E-state index is 12.7. The van der Waals surface area contributed by atoms with Gasteiger partial charge < -0.3 is 9.80 Å². The number of fused-ring (bicyclic) bond motifs is 1. The molecule has 1 aromatic rings. The molecule has 0 aliphatic carbocycles. The summed E-state index contributed by atoms with van der Waals surface area (Å²) in [5.74, 6) is 0.00416. The summed E-state index contributed by atoms with van der Waals surface area (Å²) in [4.78, 5) is 19.3. The first-order valence-corrected chi connectivity index (χ1v) is 8.90. The van der Waals surface area contributed by atoms with Crippen molar-refractivity contribution in [2.75, 3.05) is 58.8 Å². The standard InChI is InChI=1S/C19H27N5O/c1-22(2)10-5-11-23-12-14-24(15-13-23)19(25)18-9-8-16-6-3-4-7-17(16)20-21-18/h3-4,6-9,20H,5,10-15H2,1-2H3. The highest BCUT2D eigenvalue weighted by atomic mass is 16.2. The largest absolute Gasteiger partial charge is 0.335 e. The van der Waals surface area contributed by atoms with Crippen LogP contribution in [0.3, 0.4) is 0 Å². The molecule has 0 radical (unpaired) electrons. The van der Waals surface area contributed by atoms with Crippen LogP contribution in [0.5, 0.6) is 0 Å². The number of carbonyl (C=O) groups excluding carboxylic acids is 1. The third-order valence-electron chi connectivity index (χ3n) is 4.64. The Labute approximate surface area is 149 Å². The van der Waals surface area contributed by atoms with Crippen LogP contribution in [0.15, 0.2) is 35.4 Å². The van der Waals surface area contributed by atoms with Gasteiger partial charge in [0.15, 0.2) is 0 Å². The van der Waals surface area contributed by atoms with Gasteiger partial charge in [-0.1, -0.05) is 24.3 Å². The van der Waals surface area contributed by atoms with Gasteiger partial charge in [0.05, 0.1) is 5.69 Å². The molecule has 25 heavy (non-hydrogen) atoms. The summed E-state index contributed by atoms with van der Waals surface area (Å²) in [5.41, 5.74) is 5.44. The average Bonchev–Trinajstić information content (AvgIpc) is 2.84. The summed E-state index contributed by atoms with van der Waals surface area (Å²) < 4.78 is 0. The molecule has 2 aliphatic heterocycles. The summed E-state index contributed by atoms with van der Waals surface area (Å²) >= 11 is 0. The summed E-state index contributed by atoms with van der Waals surface area (Å²) in [6.45, 7) is 5.60. The predicted octanol–water partition coefficient (Wildman–Crippen LogP) is 1.58. The number of benzene rings is 1. The molecule has 0 bridgehead atoms. The van der Waals surface area contributed by atoms with Crippen molar-refractivity contribution in [3.05, 3.63) is 35.9 Å². The van der Waals surface area contributed by atoms with Gasteiger partial charge in [-0.25, -0.2) is 0 Å². The van der Waals surface area contributed by atoms with E-state index in [0.717, 1.165) is 50.5 Å². The zero-order valence-electron chi connectivity index (χ0n) is 15.1. The van der Waals surface area contributed by atoms with E-state index >= 15 is 0 Å². The molecular formula is C19H27N5O. The highest BCUT2D eigenvalue weighted by Gasteiger charge is 2.24. The van der Waals surface area contributed by atoms with Crippen molar-refractivity contribution in [2.45, 2.75) is 6.42 Å². The Morgan fingerprint density at radius 1 is 1.16 bits per heavy atom. The average molecular weight is 341 g/mol. The van der Waals surface area contributed by atoms with E-state index in [0.29, 0.717) is 5.71 Å². The fourth-order valence-corrected chi connectivity index (χ4v) is 3.14. The molecule has 0 unspecified atom stereocenters. The molecule has 6 nitrogen and oxygen atoms in total. The van der Waals surface area contributed by atoms with Crippen LogP contribution < -0.4 is 5.43 Å². The molecule has 0 saturated carbocycles. The van der Waals surface area contributed by atoms with Crippen LogP contribution in [-0.4, -0.2) is 79.7 Å². The lowest BCUT2D eigenvalue weighted by atomic mass is 10.1. The van der Waals surface area contributed by atoms with E-state index in [-0.39, 0.29) is 5.91 Å². The smallest absolute Gasteiger partial charge is 0.274 e. The Kier molecular flexibility index (Phi) is 5.83. The molecule has 1 aromatic carbocycles. The van der Waals surface area contributed by atoms with Crippen LogP contribution in [-0.2, 0) is 4.79 Å². The molecule has 1 amide bonds. The molecule has 0 atom stereocenters. The second-order valence-electron chi connectivity index (χ2n) is 6.82. The molecule has 6 heteroatoms. The van der Waals surface area contributed by atoms with Gasteiger partial charge in [-0.3, -0.25) is 15.1 Å². The van der Waals surface area contributed by atoms with E-state index in [1.807, 2.05) is 41.3 Å². The summed E-state index contributed by atoms with van der Waals surface area (Å²) in [7, 11) is 4.20. The minimum absolute atomic E-state index is 0.00416. The molecule has 2 heterocycles. The quantitative estimate of drug-likeness (QED) is 0.883. The normalized spacial score (nSPS) is 17.7. The maximum Gasteiger partial charge on any atom is 0.274 e. The molecule has 1 fully saturated rings. The third-order valence-corrected chi connectivity index (χ3v) is 4.64. The fourth-order valence-electron chi connectivity index (χ4n) is 3.14. The van der Waals surface area contributed by atoms with Crippen molar-refractivity contribution in [3.8, 4) is 0 Å². The van der Waals surface area contributed by atoms with Gasteiger partial charge in [0, 0.05) is 26.2 Å². The summed E-state index contributed by atoms with van der Waals surface area (Å²) in [6, 6.07) is 7.90. The van der Waals surface area contributed by atoms with E-state index < -0.39 is 0 Å². The van der Waals surface area contributed by atoms with Crippen LogP contribution >= 0.6 is 0 Å². The third kappa shape index (κ3) is 4.67. The van der Waals surface area contributed by atoms with Gasteiger partial charge in [-0.05, 0) is 51.3 Å². The lowest BCUT2D eigenvalue weighted by molar-refractivity contribution is -0.125. The summed E-state index contributed by atoms with van der Waals surface area (Å²) in [6.07, 6.45) is 4.92. The zero-order valence-corrected chi connectivity index (χ0v) is 15.1. The highest BCUT2D eigenvalue weighted by molar-refractivity contribution is 6.44. The number of rotatable bonds is 5. The Morgan fingerprint density at radius 2 is 1.92 bits per heavy atom. The molecular weight excluding hydrogens is 314 g/mol. The van der Waals surface area contributed by atoms with Crippen LogP contribution in [0.4, 0.5) is 5.69 Å². The van der Waals surface area contributed by atoms with Crippen LogP contribution in [0.2, 0.25) is 0 Å². The number of nitrogens with one attached hydrogen (secondary N) is 1. The Hall–Kier alpha value is -2.18. The van der Waals surface area contributed by atoms with Crippen molar-refractivity contribution in [3.63, 3.8) is 0 Å². The zero-order chi connectivity index (χ0) is 17.6. The van der Waals surface area contributed by atoms with E-state index in [1.165, 1.54) is 6.42 Å². The van der Waals surface area contributed by atoms with E-state index in [4.69, 9.17) is 0 Å². The first-order valence-electron chi connectivity index (χ1n) is 8.90. The van der Waals surface area contributed by atoms with Crippen molar-refractivity contribution >= 4 is 23.4 Å². The minimum atomic E-state index is 0.00416. The van der Waals surface area contributed by atoms with Gasteiger partial charge in [0.2, 0.25) is 0 Å². The minimum Gasteiger partial charge on any atom is -0.335 e. The Bertz CT molecular complexity index is 660. The lowest BCUT2D eigenvalue weighted by Gasteiger charge is -2.34. The van der Waals surface area contributed by atoms with Crippen molar-refractivity contribution in [2.24, 2.45) is 5.10 Å². The summed E-state index contributed by atoms with van der Waals surface area (Å²) in [5, 5.41) is 4.30. The molecule has 2 aliphatic rings. The van der Waals surface area contributed by atoms with E-state index in [9.17, 15) is 4.79 Å². The van der Waals surface area contributed by atoms with Gasteiger partial charge in [-0.2, -0.15) is 5.10 Å². The first-order chi connectivity index (χ1) is 12.1. The SMILES string of the molecule is CN(C)CCCN1CCN(C(=O)C2=NNc3ccccc3C=C2)CC1. The number of amides is 1. The molecule has 1 saturated heterocycles. The Balaban J connectivity index is 1.52. The number of hydrazone groups is 1.